The highest BCUT2D eigenvalue weighted by Crippen LogP contribution is 2.39. The van der Waals surface area contributed by atoms with Crippen LogP contribution in [0.25, 0.3) is 11.3 Å². The van der Waals surface area contributed by atoms with Gasteiger partial charge in [-0.2, -0.15) is 4.98 Å². The summed E-state index contributed by atoms with van der Waals surface area (Å²) in [6.07, 6.45) is 1.67. The number of rotatable bonds is 8. The molecule has 3 aromatic rings. The van der Waals surface area contributed by atoms with E-state index >= 15 is 0 Å². The second-order valence-corrected chi connectivity index (χ2v) is 7.95. The fraction of sp³-hybridized carbons (Fsp3) is 0.273. The number of nitrogens with zero attached hydrogens (tertiary/aromatic N) is 3. The highest BCUT2D eigenvalue weighted by Gasteiger charge is 2.26. The normalized spacial score (nSPS) is 14.4. The molecule has 2 heterocycles. The standard InChI is InChI=1S/C22H22N4O4S/c1-2-3-12-31-22-24-21-19(25-26-22)16-6-4-5-7-17(16)23-20(30-21)14-8-10-15(11-9-14)29-13-18(27)28/h4-11,20,23H,2-3,12-13H2,1H3,(H,27,28)/t20-/m1/s1. The molecule has 2 aromatic carbocycles. The van der Waals surface area contributed by atoms with Crippen LogP contribution in [0.15, 0.2) is 53.7 Å². The summed E-state index contributed by atoms with van der Waals surface area (Å²) in [7, 11) is 0. The first-order chi connectivity index (χ1) is 15.1. The molecule has 0 radical (unpaired) electrons. The summed E-state index contributed by atoms with van der Waals surface area (Å²) in [5.41, 5.74) is 3.16. The van der Waals surface area contributed by atoms with Crippen molar-refractivity contribution in [3.05, 3.63) is 54.1 Å². The lowest BCUT2D eigenvalue weighted by molar-refractivity contribution is -0.139. The van der Waals surface area contributed by atoms with Gasteiger partial charge in [0.25, 0.3) is 0 Å². The Morgan fingerprint density at radius 3 is 2.77 bits per heavy atom. The Labute approximate surface area is 184 Å². The number of carboxylic acid groups (broad SMARTS) is 1. The van der Waals surface area contributed by atoms with E-state index in [1.54, 1.807) is 23.9 Å². The van der Waals surface area contributed by atoms with Crippen LogP contribution in [-0.4, -0.2) is 38.6 Å². The molecule has 1 aromatic heterocycles. The molecule has 0 saturated heterocycles. The number of ether oxygens (including phenoxy) is 2. The zero-order valence-electron chi connectivity index (χ0n) is 16.9. The number of benzene rings is 2. The van der Waals surface area contributed by atoms with Gasteiger partial charge in [-0.15, -0.1) is 10.2 Å². The van der Waals surface area contributed by atoms with Gasteiger partial charge in [-0.05, 0) is 36.8 Å². The van der Waals surface area contributed by atoms with Crippen molar-refractivity contribution in [1.29, 1.82) is 0 Å². The molecule has 1 atom stereocenters. The maximum Gasteiger partial charge on any atom is 0.341 e. The molecule has 31 heavy (non-hydrogen) atoms. The third-order valence-corrected chi connectivity index (χ3v) is 5.53. The lowest BCUT2D eigenvalue weighted by Crippen LogP contribution is -2.17. The van der Waals surface area contributed by atoms with Crippen molar-refractivity contribution in [1.82, 2.24) is 15.2 Å². The maximum absolute atomic E-state index is 10.7. The Morgan fingerprint density at radius 2 is 2.00 bits per heavy atom. The molecule has 0 saturated carbocycles. The van der Waals surface area contributed by atoms with E-state index in [4.69, 9.17) is 14.6 Å². The van der Waals surface area contributed by atoms with E-state index in [1.165, 1.54) is 0 Å². The summed E-state index contributed by atoms with van der Waals surface area (Å²) in [5, 5.41) is 21.4. The van der Waals surface area contributed by atoms with Crippen LogP contribution in [0.4, 0.5) is 5.69 Å². The van der Waals surface area contributed by atoms with Crippen LogP contribution in [0.3, 0.4) is 0 Å². The van der Waals surface area contributed by atoms with Crippen molar-refractivity contribution in [2.75, 3.05) is 17.7 Å². The molecular formula is C22H22N4O4S. The fourth-order valence-corrected chi connectivity index (χ4v) is 3.91. The molecule has 0 aliphatic carbocycles. The zero-order valence-corrected chi connectivity index (χ0v) is 17.8. The number of hydrogen-bond donors (Lipinski definition) is 2. The second kappa shape index (κ2) is 9.65. The average molecular weight is 439 g/mol. The summed E-state index contributed by atoms with van der Waals surface area (Å²) in [6.45, 7) is 1.75. The minimum atomic E-state index is -1.02. The summed E-state index contributed by atoms with van der Waals surface area (Å²) < 4.78 is 11.5. The largest absolute Gasteiger partial charge is 0.482 e. The van der Waals surface area contributed by atoms with Crippen LogP contribution in [0.5, 0.6) is 11.6 Å². The van der Waals surface area contributed by atoms with Gasteiger partial charge in [-0.3, -0.25) is 0 Å². The van der Waals surface area contributed by atoms with Gasteiger partial charge in [0.15, 0.2) is 18.5 Å². The lowest BCUT2D eigenvalue weighted by Gasteiger charge is -2.19. The summed E-state index contributed by atoms with van der Waals surface area (Å²) >= 11 is 1.56. The molecule has 4 rings (SSSR count). The molecule has 0 fully saturated rings. The zero-order chi connectivity index (χ0) is 21.6. The predicted octanol–water partition coefficient (Wildman–Crippen LogP) is 4.40. The van der Waals surface area contributed by atoms with Crippen molar-refractivity contribution >= 4 is 23.4 Å². The van der Waals surface area contributed by atoms with Crippen LogP contribution in [0.1, 0.15) is 31.6 Å². The summed E-state index contributed by atoms with van der Waals surface area (Å²) in [6, 6.07) is 14.9. The molecule has 0 spiro atoms. The molecule has 1 aliphatic rings. The number of hydrogen-bond acceptors (Lipinski definition) is 8. The highest BCUT2D eigenvalue weighted by atomic mass is 32.2. The Balaban J connectivity index is 1.63. The average Bonchev–Trinajstić information content (AvgIpc) is 2.95. The first kappa shape index (κ1) is 20.9. The van der Waals surface area contributed by atoms with Gasteiger partial charge in [0, 0.05) is 22.6 Å². The Morgan fingerprint density at radius 1 is 1.19 bits per heavy atom. The molecule has 0 unspecified atom stereocenters. The quantitative estimate of drug-likeness (QED) is 0.391. The number of para-hydroxylation sites is 1. The van der Waals surface area contributed by atoms with Crippen LogP contribution in [0, 0.1) is 0 Å². The Hall–Kier alpha value is -3.33. The van der Waals surface area contributed by atoms with Gasteiger partial charge in [-0.1, -0.05) is 43.3 Å². The van der Waals surface area contributed by atoms with E-state index in [2.05, 4.69) is 27.4 Å². The summed E-state index contributed by atoms with van der Waals surface area (Å²) in [5.74, 6) is 0.792. The smallest absolute Gasteiger partial charge is 0.341 e. The van der Waals surface area contributed by atoms with Crippen LogP contribution in [-0.2, 0) is 4.79 Å². The number of aromatic nitrogens is 3. The van der Waals surface area contributed by atoms with Crippen molar-refractivity contribution in [3.63, 3.8) is 0 Å². The van der Waals surface area contributed by atoms with Gasteiger partial charge in [0.1, 0.15) is 5.75 Å². The topological polar surface area (TPSA) is 106 Å². The fourth-order valence-electron chi connectivity index (χ4n) is 3.05. The first-order valence-corrected chi connectivity index (χ1v) is 11.0. The number of carbonyl (C=O) groups is 1. The van der Waals surface area contributed by atoms with Crippen LogP contribution >= 0.6 is 11.8 Å². The van der Waals surface area contributed by atoms with E-state index < -0.39 is 12.2 Å². The molecule has 1 aliphatic heterocycles. The van der Waals surface area contributed by atoms with E-state index in [0.29, 0.717) is 22.5 Å². The second-order valence-electron chi connectivity index (χ2n) is 6.89. The molecule has 8 nitrogen and oxygen atoms in total. The first-order valence-electron chi connectivity index (χ1n) is 9.98. The number of aliphatic carboxylic acids is 1. The molecule has 0 amide bonds. The van der Waals surface area contributed by atoms with Gasteiger partial charge in [-0.25, -0.2) is 4.79 Å². The van der Waals surface area contributed by atoms with E-state index in [9.17, 15) is 4.79 Å². The Bertz CT molecular complexity index is 1060. The van der Waals surface area contributed by atoms with Gasteiger partial charge in [0.05, 0.1) is 0 Å². The number of fused-ring (bicyclic) bond motifs is 3. The third kappa shape index (κ3) is 5.05. The lowest BCUT2D eigenvalue weighted by atomic mass is 10.1. The number of nitrogens with one attached hydrogen (secondary N) is 1. The SMILES string of the molecule is CCCCSc1nnc2c(n1)O[C@H](c1ccc(OCC(=O)O)cc1)Nc1ccccc1-2. The van der Waals surface area contributed by atoms with E-state index in [0.717, 1.165) is 35.4 Å². The summed E-state index contributed by atoms with van der Waals surface area (Å²) in [4.78, 5) is 15.3. The van der Waals surface area contributed by atoms with Gasteiger partial charge in [0.2, 0.25) is 11.0 Å². The third-order valence-electron chi connectivity index (χ3n) is 4.61. The molecule has 9 heteroatoms. The van der Waals surface area contributed by atoms with Crippen molar-refractivity contribution < 1.29 is 19.4 Å². The molecule has 0 bridgehead atoms. The highest BCUT2D eigenvalue weighted by molar-refractivity contribution is 7.99. The number of unbranched alkanes of at least 4 members (excludes halogenated alkanes) is 1. The molecular weight excluding hydrogens is 416 g/mol. The van der Waals surface area contributed by atoms with Gasteiger partial charge < -0.3 is 19.9 Å². The van der Waals surface area contributed by atoms with Crippen molar-refractivity contribution in [2.24, 2.45) is 0 Å². The molecule has 2 N–H and O–H groups in total. The number of anilines is 1. The van der Waals surface area contributed by atoms with Crippen molar-refractivity contribution in [3.8, 4) is 22.9 Å². The van der Waals surface area contributed by atoms with Crippen molar-refractivity contribution in [2.45, 2.75) is 31.1 Å². The van der Waals surface area contributed by atoms with Crippen LogP contribution in [0.2, 0.25) is 0 Å². The number of thioether (sulfide) groups is 1. The van der Waals surface area contributed by atoms with Gasteiger partial charge >= 0.3 is 5.97 Å². The maximum atomic E-state index is 10.7. The van der Waals surface area contributed by atoms with Crippen LogP contribution < -0.4 is 14.8 Å². The minimum Gasteiger partial charge on any atom is -0.482 e. The predicted molar refractivity (Wildman–Crippen MR) is 117 cm³/mol. The number of carboxylic acids is 1. The molecule has 160 valence electrons. The van der Waals surface area contributed by atoms with E-state index in [1.807, 2.05) is 36.4 Å². The Kier molecular flexibility index (Phi) is 6.51. The monoisotopic (exact) mass is 438 g/mol. The van der Waals surface area contributed by atoms with E-state index in [-0.39, 0.29) is 6.61 Å². The minimum absolute atomic E-state index is 0.390.